The van der Waals surface area contributed by atoms with Gasteiger partial charge in [-0.1, -0.05) is 51.4 Å². The smallest absolute Gasteiger partial charge is 0.306 e. The van der Waals surface area contributed by atoms with E-state index < -0.39 is 0 Å². The fraction of sp³-hybridized carbons (Fsp3) is 1.00. The molecule has 1 fully saturated rings. The van der Waals surface area contributed by atoms with E-state index in [1.54, 1.807) is 0 Å². The van der Waals surface area contributed by atoms with Gasteiger partial charge in [0.2, 0.25) is 0 Å². The van der Waals surface area contributed by atoms with Crippen LogP contribution in [-0.4, -0.2) is 18.2 Å². The Morgan fingerprint density at radius 3 is 2.91 bits per heavy atom. The summed E-state index contributed by atoms with van der Waals surface area (Å²) in [4.78, 5) is 0. The summed E-state index contributed by atoms with van der Waals surface area (Å²) in [6.45, 7) is 2.30. The van der Waals surface area contributed by atoms with Gasteiger partial charge >= 0.3 is 18.2 Å². The zero-order chi connectivity index (χ0) is 8.10. The Bertz CT molecular complexity index is 106. The number of rotatable bonds is 4. The van der Waals surface area contributed by atoms with Gasteiger partial charge in [0.25, 0.3) is 0 Å². The Kier molecular flexibility index (Phi) is 5.46. The summed E-state index contributed by atoms with van der Waals surface area (Å²) in [5.41, 5.74) is 0. The summed E-state index contributed by atoms with van der Waals surface area (Å²) >= 11 is 3.87. The van der Waals surface area contributed by atoms with E-state index in [-0.39, 0.29) is 18.2 Å². The van der Waals surface area contributed by atoms with Crippen LogP contribution in [0, 0.1) is 5.92 Å². The van der Waals surface area contributed by atoms with Crippen molar-refractivity contribution in [3.05, 3.63) is 0 Å². The SMILES string of the molecule is CCCCC1CCC[CH]1[Mg][Br]. The molecular weight excluding hydrogens is 212 g/mol. The van der Waals surface area contributed by atoms with Crippen LogP contribution in [-0.2, 0) is 0 Å². The molecule has 0 aliphatic heterocycles. The lowest BCUT2D eigenvalue weighted by Gasteiger charge is -2.16. The lowest BCUT2D eigenvalue weighted by Crippen LogP contribution is -2.05. The molecule has 2 heteroatoms. The van der Waals surface area contributed by atoms with Crippen molar-refractivity contribution in [1.82, 2.24) is 0 Å². The fourth-order valence-corrected chi connectivity index (χ4v) is 5.89. The van der Waals surface area contributed by atoms with Gasteiger partial charge < -0.3 is 12.9 Å². The number of hydrogen-bond donors (Lipinski definition) is 0. The second kappa shape index (κ2) is 5.82. The van der Waals surface area contributed by atoms with Crippen LogP contribution in [0.3, 0.4) is 0 Å². The lowest BCUT2D eigenvalue weighted by molar-refractivity contribution is 0.480. The third-order valence-electron chi connectivity index (χ3n) is 2.94. The van der Waals surface area contributed by atoms with E-state index in [0.717, 1.165) is 9.97 Å². The summed E-state index contributed by atoms with van der Waals surface area (Å²) in [5, 5.41) is 0. The predicted molar refractivity (Wildman–Crippen MR) is 55.3 cm³/mol. The highest BCUT2D eigenvalue weighted by Gasteiger charge is 2.26. The Balaban J connectivity index is 2.20. The zero-order valence-electron chi connectivity index (χ0n) is 7.48. The van der Waals surface area contributed by atoms with Gasteiger partial charge in [0, 0.05) is 0 Å². The van der Waals surface area contributed by atoms with Gasteiger partial charge in [-0.2, -0.15) is 0 Å². The van der Waals surface area contributed by atoms with E-state index in [1.165, 1.54) is 38.5 Å². The number of unbranched alkanes of at least 4 members (excludes halogenated alkanes) is 1. The molecule has 0 nitrogen and oxygen atoms in total. The van der Waals surface area contributed by atoms with Crippen molar-refractivity contribution in [3.63, 3.8) is 0 Å². The molecule has 2 unspecified atom stereocenters. The fourth-order valence-electron chi connectivity index (χ4n) is 2.16. The van der Waals surface area contributed by atoms with E-state index in [0.29, 0.717) is 0 Å². The second-order valence-electron chi connectivity index (χ2n) is 3.75. The molecule has 11 heavy (non-hydrogen) atoms. The van der Waals surface area contributed by atoms with Crippen molar-refractivity contribution in [2.45, 2.75) is 49.5 Å². The molecule has 0 radical (unpaired) electrons. The Hall–Kier alpha value is 1.25. The molecule has 0 aromatic rings. The minimum absolute atomic E-state index is 0.128. The molecule has 1 rings (SSSR count). The van der Waals surface area contributed by atoms with Gasteiger partial charge in [-0.25, -0.2) is 0 Å². The van der Waals surface area contributed by atoms with Gasteiger partial charge in [0.1, 0.15) is 0 Å². The molecule has 0 N–H and O–H groups in total. The van der Waals surface area contributed by atoms with Crippen molar-refractivity contribution >= 4 is 31.1 Å². The van der Waals surface area contributed by atoms with E-state index >= 15 is 0 Å². The van der Waals surface area contributed by atoms with Gasteiger partial charge in [0.05, 0.1) is 0 Å². The average Bonchev–Trinajstić information content (AvgIpc) is 2.47. The van der Waals surface area contributed by atoms with Crippen molar-refractivity contribution < 1.29 is 0 Å². The maximum absolute atomic E-state index is 3.75. The van der Waals surface area contributed by atoms with E-state index in [1.807, 2.05) is 0 Å². The minimum Gasteiger partial charge on any atom is -0.306 e. The highest BCUT2D eigenvalue weighted by atomic mass is 79.9. The molecule has 2 atom stereocenters. The molecule has 0 heterocycles. The van der Waals surface area contributed by atoms with E-state index in [2.05, 4.69) is 19.8 Å². The largest absolute Gasteiger partial charge is 0.472 e. The summed E-state index contributed by atoms with van der Waals surface area (Å²) in [6.07, 6.45) is 8.93. The summed E-state index contributed by atoms with van der Waals surface area (Å²) in [6, 6.07) is 0. The summed E-state index contributed by atoms with van der Waals surface area (Å²) in [5.74, 6) is 1.11. The topological polar surface area (TPSA) is 0 Å². The van der Waals surface area contributed by atoms with Gasteiger partial charge in [-0.15, -0.1) is 4.05 Å². The van der Waals surface area contributed by atoms with Crippen molar-refractivity contribution in [1.29, 1.82) is 0 Å². The Morgan fingerprint density at radius 2 is 2.27 bits per heavy atom. The highest BCUT2D eigenvalue weighted by Crippen LogP contribution is 2.39. The Morgan fingerprint density at radius 1 is 1.45 bits per heavy atom. The quantitative estimate of drug-likeness (QED) is 0.644. The molecule has 1 aliphatic carbocycles. The Labute approximate surface area is 86.1 Å². The predicted octanol–water partition coefficient (Wildman–Crippen LogP) is 3.78. The van der Waals surface area contributed by atoms with Crippen molar-refractivity contribution in [2.24, 2.45) is 5.92 Å². The van der Waals surface area contributed by atoms with Crippen molar-refractivity contribution in [2.75, 3.05) is 0 Å². The summed E-state index contributed by atoms with van der Waals surface area (Å²) < 4.78 is 1.14. The van der Waals surface area contributed by atoms with Gasteiger partial charge in [-0.3, -0.25) is 0 Å². The molecule has 0 spiro atoms. The van der Waals surface area contributed by atoms with Crippen LogP contribution < -0.4 is 0 Å². The van der Waals surface area contributed by atoms with Crippen LogP contribution in [0.2, 0.25) is 4.05 Å². The lowest BCUT2D eigenvalue weighted by atomic mass is 10.0. The van der Waals surface area contributed by atoms with Crippen LogP contribution >= 0.6 is 12.9 Å². The van der Waals surface area contributed by atoms with Crippen LogP contribution in [0.5, 0.6) is 0 Å². The van der Waals surface area contributed by atoms with Crippen LogP contribution in [0.4, 0.5) is 0 Å². The molecule has 1 aliphatic rings. The minimum atomic E-state index is 0.128. The van der Waals surface area contributed by atoms with Gasteiger partial charge in [-0.05, 0) is 0 Å². The third kappa shape index (κ3) is 3.23. The molecule has 0 aromatic heterocycles. The average molecular weight is 229 g/mol. The maximum atomic E-state index is 3.75. The second-order valence-corrected chi connectivity index (χ2v) is 7.05. The van der Waals surface area contributed by atoms with Crippen molar-refractivity contribution in [3.8, 4) is 0 Å². The molecule has 1 saturated carbocycles. The highest BCUT2D eigenvalue weighted by molar-refractivity contribution is 9.23. The zero-order valence-corrected chi connectivity index (χ0v) is 10.5. The van der Waals surface area contributed by atoms with Crippen LogP contribution in [0.25, 0.3) is 0 Å². The van der Waals surface area contributed by atoms with Gasteiger partial charge in [0.15, 0.2) is 0 Å². The van der Waals surface area contributed by atoms with Crippen LogP contribution in [0.15, 0.2) is 0 Å². The first kappa shape index (κ1) is 10.3. The van der Waals surface area contributed by atoms with E-state index in [9.17, 15) is 0 Å². The first-order valence-corrected chi connectivity index (χ1v) is 9.66. The monoisotopic (exact) mass is 228 g/mol. The normalized spacial score (nSPS) is 30.4. The number of hydrogen-bond acceptors (Lipinski definition) is 0. The molecule has 0 bridgehead atoms. The molecular formula is C9H17BrMg. The molecule has 0 amide bonds. The standard InChI is InChI=1S/C9H17.BrH.Mg/c1-2-3-6-9-7-4-5-8-9;;/h7,9H,2-6,8H2,1H3;1H;/q;;+1/p-1. The number of halogens is 1. The molecule has 0 saturated heterocycles. The van der Waals surface area contributed by atoms with Crippen LogP contribution in [0.1, 0.15) is 45.4 Å². The third-order valence-corrected chi connectivity index (χ3v) is 6.91. The van der Waals surface area contributed by atoms with E-state index in [4.69, 9.17) is 0 Å². The molecule has 0 aromatic carbocycles. The first-order chi connectivity index (χ1) is 5.38. The maximum Gasteiger partial charge on any atom is 0.472 e. The summed E-state index contributed by atoms with van der Waals surface area (Å²) in [7, 11) is 0. The first-order valence-electron chi connectivity index (χ1n) is 4.94. The molecule has 62 valence electrons.